The summed E-state index contributed by atoms with van der Waals surface area (Å²) >= 11 is 0. The molecule has 0 saturated carbocycles. The first-order valence-corrected chi connectivity index (χ1v) is 30.4. The Morgan fingerprint density at radius 2 is 0.714 bits per heavy atom. The molecule has 11 nitrogen and oxygen atoms in total. The minimum atomic E-state index is -4.74. The van der Waals surface area contributed by atoms with Crippen molar-refractivity contribution in [2.24, 2.45) is 0 Å². The van der Waals surface area contributed by atoms with E-state index in [1.165, 1.54) is 122 Å². The first-order valence-electron chi connectivity index (χ1n) is 28.9. The number of esters is 3. The molecule has 0 aromatic carbocycles. The number of allylic oxidation sites excluding steroid dienone is 6. The fourth-order valence-corrected chi connectivity index (χ4v) is 8.86. The lowest BCUT2D eigenvalue weighted by Crippen LogP contribution is -2.30. The molecule has 0 saturated heterocycles. The topological polar surface area (TPSA) is 155 Å². The molecule has 0 heterocycles. The zero-order chi connectivity index (χ0) is 51.3. The summed E-state index contributed by atoms with van der Waals surface area (Å²) in [5, 5.41) is 9.81. The van der Waals surface area contributed by atoms with Crippen LogP contribution in [-0.2, 0) is 42.2 Å². The van der Waals surface area contributed by atoms with E-state index in [4.69, 9.17) is 23.3 Å². The van der Waals surface area contributed by atoms with E-state index in [0.717, 1.165) is 96.3 Å². The van der Waals surface area contributed by atoms with Crippen LogP contribution in [0.5, 0.6) is 0 Å². The van der Waals surface area contributed by atoms with Crippen LogP contribution >= 0.6 is 7.82 Å². The smallest absolute Gasteiger partial charge is 0.462 e. The molecule has 0 aliphatic heterocycles. The third-order valence-corrected chi connectivity index (χ3v) is 13.5. The number of phosphoric acid groups is 1. The Kier molecular flexibility index (Phi) is 51.3. The molecule has 410 valence electrons. The minimum Gasteiger partial charge on any atom is -0.462 e. The monoisotopic (exact) mass is 1010 g/mol. The Balaban J connectivity index is 4.67. The summed E-state index contributed by atoms with van der Waals surface area (Å²) in [5.74, 6) is -1.47. The lowest BCUT2D eigenvalue weighted by atomic mass is 10.0. The van der Waals surface area contributed by atoms with E-state index in [1.807, 2.05) is 0 Å². The summed E-state index contributed by atoms with van der Waals surface area (Å²) in [6.45, 7) is 4.60. The second-order valence-corrected chi connectivity index (χ2v) is 20.9. The third kappa shape index (κ3) is 50.6. The van der Waals surface area contributed by atoms with E-state index < -0.39 is 57.8 Å². The molecule has 0 aliphatic carbocycles. The molecule has 12 heteroatoms. The van der Waals surface area contributed by atoms with Crippen molar-refractivity contribution >= 4 is 25.7 Å². The zero-order valence-electron chi connectivity index (χ0n) is 45.2. The van der Waals surface area contributed by atoms with E-state index in [9.17, 15) is 28.9 Å². The van der Waals surface area contributed by atoms with E-state index in [1.54, 1.807) is 0 Å². The molecule has 2 N–H and O–H groups in total. The summed E-state index contributed by atoms with van der Waals surface area (Å²) in [6.07, 6.45) is 53.8. The highest BCUT2D eigenvalue weighted by atomic mass is 31.2. The number of rotatable bonds is 54. The zero-order valence-corrected chi connectivity index (χ0v) is 46.1. The van der Waals surface area contributed by atoms with Gasteiger partial charge in [-0.3, -0.25) is 23.4 Å². The van der Waals surface area contributed by atoms with Gasteiger partial charge in [-0.1, -0.05) is 224 Å². The minimum absolute atomic E-state index is 0.160. The Morgan fingerprint density at radius 1 is 0.400 bits per heavy atom. The van der Waals surface area contributed by atoms with Crippen molar-refractivity contribution < 1.29 is 52.2 Å². The van der Waals surface area contributed by atoms with Crippen molar-refractivity contribution in [1.29, 1.82) is 0 Å². The number of hydrogen-bond acceptors (Lipinski definition) is 10. The molecule has 0 fully saturated rings. The van der Waals surface area contributed by atoms with Crippen LogP contribution < -0.4 is 0 Å². The van der Waals surface area contributed by atoms with E-state index in [0.29, 0.717) is 19.3 Å². The lowest BCUT2D eigenvalue weighted by molar-refractivity contribution is -0.161. The molecule has 0 amide bonds. The number of phosphoric ester groups is 1. The molecular formula is C58H107O11P. The van der Waals surface area contributed by atoms with Crippen molar-refractivity contribution in [2.45, 2.75) is 290 Å². The Labute approximate surface area is 429 Å². The van der Waals surface area contributed by atoms with Gasteiger partial charge in [0, 0.05) is 19.3 Å². The average molecular weight is 1010 g/mol. The second-order valence-electron chi connectivity index (χ2n) is 19.5. The fourth-order valence-electron chi connectivity index (χ4n) is 8.07. The molecule has 0 rings (SSSR count). The molecule has 70 heavy (non-hydrogen) atoms. The third-order valence-electron chi connectivity index (χ3n) is 12.5. The standard InChI is InChI=1S/C58H107O11P/c1-4-7-10-13-16-19-22-24-26-27-29-31-34-37-40-43-46-49-58(62)69-55(51-65-56(60)47-44-41-38-35-32-21-18-15-12-9-6-3)53-67-70(63,64)66-52-54(50-59)68-57(61)48-45-42-39-36-33-30-28-25-23-20-17-14-11-8-5-2/h15-16,18-19,24,26,54-55,59H,4-14,17,20-23,25,27-53H2,1-3H3,(H,63,64)/b18-15-,19-16-,26-24-. The van der Waals surface area contributed by atoms with Crippen LogP contribution in [0.3, 0.4) is 0 Å². The quantitative estimate of drug-likeness (QED) is 0.0197. The van der Waals surface area contributed by atoms with Crippen LogP contribution in [0.1, 0.15) is 278 Å². The predicted octanol–water partition coefficient (Wildman–Crippen LogP) is 16.8. The summed E-state index contributed by atoms with van der Waals surface area (Å²) in [7, 11) is -4.74. The highest BCUT2D eigenvalue weighted by Gasteiger charge is 2.28. The van der Waals surface area contributed by atoms with Crippen LogP contribution in [0.25, 0.3) is 0 Å². The predicted molar refractivity (Wildman–Crippen MR) is 289 cm³/mol. The molecule has 0 bridgehead atoms. The van der Waals surface area contributed by atoms with Gasteiger partial charge < -0.3 is 24.2 Å². The van der Waals surface area contributed by atoms with Crippen LogP contribution in [0.4, 0.5) is 0 Å². The van der Waals surface area contributed by atoms with Gasteiger partial charge in [0.25, 0.3) is 0 Å². The maximum atomic E-state index is 12.9. The first-order chi connectivity index (χ1) is 34.2. The van der Waals surface area contributed by atoms with Crippen LogP contribution in [0.2, 0.25) is 0 Å². The number of unbranched alkanes of at least 4 members (excludes halogenated alkanes) is 31. The van der Waals surface area contributed by atoms with Gasteiger partial charge in [0.05, 0.1) is 19.8 Å². The SMILES string of the molecule is CCCC/C=C\CCCCCCCC(=O)OCC(COP(=O)(O)OCC(CO)OC(=O)CCCCCCCCCCCCCCCCC)OC(=O)CCCCCCCCC/C=C\C/C=C\CCCCC. The fraction of sp³-hybridized carbons (Fsp3) is 0.845. The van der Waals surface area contributed by atoms with Crippen LogP contribution in [0.15, 0.2) is 36.5 Å². The number of aliphatic hydroxyl groups excluding tert-OH is 1. The molecule has 0 spiro atoms. The molecule has 3 unspecified atom stereocenters. The maximum Gasteiger partial charge on any atom is 0.472 e. The van der Waals surface area contributed by atoms with Crippen molar-refractivity contribution in [1.82, 2.24) is 0 Å². The summed E-state index contributed by atoms with van der Waals surface area (Å²) in [5.41, 5.74) is 0. The Bertz CT molecular complexity index is 1320. The van der Waals surface area contributed by atoms with Gasteiger partial charge in [0.1, 0.15) is 12.7 Å². The average Bonchev–Trinajstić information content (AvgIpc) is 3.35. The molecular weight excluding hydrogens is 904 g/mol. The maximum absolute atomic E-state index is 12.9. The normalized spacial score (nSPS) is 13.6. The molecule has 3 atom stereocenters. The number of aliphatic hydroxyl groups is 1. The molecule has 0 radical (unpaired) electrons. The van der Waals surface area contributed by atoms with E-state index in [2.05, 4.69) is 57.2 Å². The van der Waals surface area contributed by atoms with Crippen molar-refractivity contribution in [3.05, 3.63) is 36.5 Å². The van der Waals surface area contributed by atoms with Gasteiger partial charge in [-0.15, -0.1) is 0 Å². The first kappa shape index (κ1) is 67.7. The van der Waals surface area contributed by atoms with E-state index >= 15 is 0 Å². The summed E-state index contributed by atoms with van der Waals surface area (Å²) in [6, 6.07) is 0. The summed E-state index contributed by atoms with van der Waals surface area (Å²) in [4.78, 5) is 48.5. The Hall–Kier alpha value is -2.30. The van der Waals surface area contributed by atoms with Crippen molar-refractivity contribution in [2.75, 3.05) is 26.4 Å². The number of carbonyl (C=O) groups excluding carboxylic acids is 3. The second kappa shape index (κ2) is 53.0. The number of hydrogen-bond donors (Lipinski definition) is 2. The highest BCUT2D eigenvalue weighted by Crippen LogP contribution is 2.43. The van der Waals surface area contributed by atoms with Crippen molar-refractivity contribution in [3.63, 3.8) is 0 Å². The van der Waals surface area contributed by atoms with Crippen LogP contribution in [-0.4, -0.2) is 66.5 Å². The largest absolute Gasteiger partial charge is 0.472 e. The molecule has 0 aromatic rings. The van der Waals surface area contributed by atoms with Crippen LogP contribution in [0, 0.1) is 0 Å². The van der Waals surface area contributed by atoms with Gasteiger partial charge in [0.2, 0.25) is 0 Å². The Morgan fingerprint density at radius 3 is 1.14 bits per heavy atom. The number of ether oxygens (including phenoxy) is 3. The van der Waals surface area contributed by atoms with Gasteiger partial charge in [-0.05, 0) is 70.6 Å². The summed E-state index contributed by atoms with van der Waals surface area (Å²) < 4.78 is 39.5. The van der Waals surface area contributed by atoms with Gasteiger partial charge in [-0.25, -0.2) is 4.57 Å². The number of carbonyl (C=O) groups is 3. The van der Waals surface area contributed by atoms with Gasteiger partial charge in [0.15, 0.2) is 6.10 Å². The lowest BCUT2D eigenvalue weighted by Gasteiger charge is -2.21. The highest BCUT2D eigenvalue weighted by molar-refractivity contribution is 7.47. The van der Waals surface area contributed by atoms with Crippen molar-refractivity contribution in [3.8, 4) is 0 Å². The van der Waals surface area contributed by atoms with Gasteiger partial charge in [-0.2, -0.15) is 0 Å². The van der Waals surface area contributed by atoms with E-state index in [-0.39, 0.29) is 25.9 Å². The van der Waals surface area contributed by atoms with Gasteiger partial charge >= 0.3 is 25.7 Å². The molecule has 0 aromatic heterocycles. The molecule has 0 aliphatic rings.